The molecule has 0 amide bonds. The van der Waals surface area contributed by atoms with E-state index in [1.54, 1.807) is 10.8 Å². The molecule has 0 spiro atoms. The lowest BCUT2D eigenvalue weighted by atomic mass is 10.2. The number of aromatic nitrogens is 1. The van der Waals surface area contributed by atoms with Gasteiger partial charge in [-0.1, -0.05) is 12.1 Å². The van der Waals surface area contributed by atoms with Gasteiger partial charge in [-0.25, -0.2) is 0 Å². The van der Waals surface area contributed by atoms with Gasteiger partial charge >= 0.3 is 0 Å². The highest BCUT2D eigenvalue weighted by molar-refractivity contribution is 5.43. The molecule has 3 rings (SSSR count). The van der Waals surface area contributed by atoms with E-state index in [-0.39, 0.29) is 5.56 Å². The third kappa shape index (κ3) is 2.34. The SMILES string of the molecule is Cc1cccn(Cc2ccc3c(c2)OCCO3)c1=O. The normalized spacial score (nSPS) is 13.3. The third-order valence-electron chi connectivity index (χ3n) is 3.17. The van der Waals surface area contributed by atoms with Gasteiger partial charge in [-0.05, 0) is 30.7 Å². The summed E-state index contributed by atoms with van der Waals surface area (Å²) in [7, 11) is 0. The lowest BCUT2D eigenvalue weighted by Gasteiger charge is -2.19. The van der Waals surface area contributed by atoms with Crippen molar-refractivity contribution in [2.75, 3.05) is 13.2 Å². The zero-order valence-electron chi connectivity index (χ0n) is 10.8. The smallest absolute Gasteiger partial charge is 0.253 e. The molecule has 1 aromatic heterocycles. The summed E-state index contributed by atoms with van der Waals surface area (Å²) in [6.07, 6.45) is 1.80. The molecule has 1 aromatic carbocycles. The quantitative estimate of drug-likeness (QED) is 0.826. The van der Waals surface area contributed by atoms with Gasteiger partial charge in [-0.15, -0.1) is 0 Å². The standard InChI is InChI=1S/C15H15NO3/c1-11-3-2-6-16(15(11)17)10-12-4-5-13-14(9-12)19-8-7-18-13/h2-6,9H,7-8,10H2,1H3. The van der Waals surface area contributed by atoms with Gasteiger partial charge < -0.3 is 14.0 Å². The van der Waals surface area contributed by atoms with Crippen molar-refractivity contribution in [3.8, 4) is 11.5 Å². The van der Waals surface area contributed by atoms with Crippen LogP contribution in [0.25, 0.3) is 0 Å². The number of hydrogen-bond acceptors (Lipinski definition) is 3. The fourth-order valence-electron chi connectivity index (χ4n) is 2.16. The number of nitrogens with zero attached hydrogens (tertiary/aromatic N) is 1. The Morgan fingerprint density at radius 3 is 2.79 bits per heavy atom. The Labute approximate surface area is 111 Å². The molecule has 0 saturated carbocycles. The maximum atomic E-state index is 12.0. The average molecular weight is 257 g/mol. The van der Waals surface area contributed by atoms with Crippen LogP contribution in [0, 0.1) is 6.92 Å². The molecule has 1 aliphatic heterocycles. The van der Waals surface area contributed by atoms with Crippen LogP contribution in [0.15, 0.2) is 41.3 Å². The summed E-state index contributed by atoms with van der Waals surface area (Å²) < 4.78 is 12.7. The molecule has 4 nitrogen and oxygen atoms in total. The van der Waals surface area contributed by atoms with Crippen molar-refractivity contribution in [2.24, 2.45) is 0 Å². The largest absolute Gasteiger partial charge is 0.486 e. The fourth-order valence-corrected chi connectivity index (χ4v) is 2.16. The zero-order valence-corrected chi connectivity index (χ0v) is 10.8. The van der Waals surface area contributed by atoms with E-state index in [1.165, 1.54) is 0 Å². The molecule has 0 bridgehead atoms. The van der Waals surface area contributed by atoms with Crippen LogP contribution in [0.4, 0.5) is 0 Å². The Bertz CT molecular complexity index is 661. The molecule has 0 atom stereocenters. The third-order valence-corrected chi connectivity index (χ3v) is 3.17. The van der Waals surface area contributed by atoms with Crippen molar-refractivity contribution in [3.05, 3.63) is 58.0 Å². The Balaban J connectivity index is 1.91. The van der Waals surface area contributed by atoms with E-state index < -0.39 is 0 Å². The van der Waals surface area contributed by atoms with E-state index in [9.17, 15) is 4.79 Å². The first kappa shape index (κ1) is 11.8. The average Bonchev–Trinajstić information content (AvgIpc) is 2.44. The van der Waals surface area contributed by atoms with E-state index in [0.717, 1.165) is 22.6 Å². The Hall–Kier alpha value is -2.23. The van der Waals surface area contributed by atoms with Crippen LogP contribution in [-0.2, 0) is 6.54 Å². The van der Waals surface area contributed by atoms with Gasteiger partial charge in [0, 0.05) is 11.8 Å². The van der Waals surface area contributed by atoms with E-state index in [1.807, 2.05) is 37.3 Å². The highest BCUT2D eigenvalue weighted by Crippen LogP contribution is 2.30. The number of benzene rings is 1. The molecule has 0 N–H and O–H groups in total. The number of aryl methyl sites for hydroxylation is 1. The minimum absolute atomic E-state index is 0.0392. The molecule has 2 aromatic rings. The summed E-state index contributed by atoms with van der Waals surface area (Å²) in [5.74, 6) is 1.52. The molecule has 98 valence electrons. The van der Waals surface area contributed by atoms with Gasteiger partial charge in [0.1, 0.15) is 13.2 Å². The van der Waals surface area contributed by atoms with Crippen LogP contribution >= 0.6 is 0 Å². The molecule has 0 radical (unpaired) electrons. The van der Waals surface area contributed by atoms with Crippen LogP contribution in [0.2, 0.25) is 0 Å². The second-order valence-electron chi connectivity index (χ2n) is 4.60. The summed E-state index contributed by atoms with van der Waals surface area (Å²) in [4.78, 5) is 12.0. The first-order valence-corrected chi connectivity index (χ1v) is 6.28. The number of hydrogen-bond donors (Lipinski definition) is 0. The molecule has 4 heteroatoms. The molecule has 1 aliphatic rings. The molecule has 0 saturated heterocycles. The molecular weight excluding hydrogens is 242 g/mol. The highest BCUT2D eigenvalue weighted by Gasteiger charge is 2.12. The first-order chi connectivity index (χ1) is 9.24. The second-order valence-corrected chi connectivity index (χ2v) is 4.60. The zero-order chi connectivity index (χ0) is 13.2. The number of rotatable bonds is 2. The second kappa shape index (κ2) is 4.80. The van der Waals surface area contributed by atoms with Crippen LogP contribution < -0.4 is 15.0 Å². The Morgan fingerprint density at radius 2 is 1.95 bits per heavy atom. The first-order valence-electron chi connectivity index (χ1n) is 6.28. The summed E-state index contributed by atoms with van der Waals surface area (Å²) in [5.41, 5.74) is 1.81. The highest BCUT2D eigenvalue weighted by atomic mass is 16.6. The maximum Gasteiger partial charge on any atom is 0.253 e. The lowest BCUT2D eigenvalue weighted by Crippen LogP contribution is -2.22. The van der Waals surface area contributed by atoms with E-state index in [2.05, 4.69) is 0 Å². The van der Waals surface area contributed by atoms with E-state index >= 15 is 0 Å². The minimum atomic E-state index is 0.0392. The number of ether oxygens (including phenoxy) is 2. The van der Waals surface area contributed by atoms with Crippen LogP contribution in [-0.4, -0.2) is 17.8 Å². The fraction of sp³-hybridized carbons (Fsp3) is 0.267. The predicted octanol–water partition coefficient (Wildman–Crippen LogP) is 1.98. The molecule has 19 heavy (non-hydrogen) atoms. The van der Waals surface area contributed by atoms with E-state index in [4.69, 9.17) is 9.47 Å². The van der Waals surface area contributed by atoms with Crippen LogP contribution in [0.5, 0.6) is 11.5 Å². The Kier molecular flexibility index (Phi) is 2.99. The topological polar surface area (TPSA) is 40.5 Å². The van der Waals surface area contributed by atoms with Gasteiger partial charge in [0.25, 0.3) is 5.56 Å². The van der Waals surface area contributed by atoms with Crippen LogP contribution in [0.1, 0.15) is 11.1 Å². The van der Waals surface area contributed by atoms with Crippen molar-refractivity contribution >= 4 is 0 Å². The van der Waals surface area contributed by atoms with Gasteiger partial charge in [-0.2, -0.15) is 0 Å². The molecular formula is C15H15NO3. The monoisotopic (exact) mass is 257 g/mol. The van der Waals surface area contributed by atoms with Crippen molar-refractivity contribution in [2.45, 2.75) is 13.5 Å². The summed E-state index contributed by atoms with van der Waals surface area (Å²) in [6.45, 7) is 3.52. The van der Waals surface area contributed by atoms with Crippen molar-refractivity contribution in [3.63, 3.8) is 0 Å². The molecule has 2 heterocycles. The van der Waals surface area contributed by atoms with Crippen molar-refractivity contribution in [1.82, 2.24) is 4.57 Å². The minimum Gasteiger partial charge on any atom is -0.486 e. The van der Waals surface area contributed by atoms with Crippen molar-refractivity contribution in [1.29, 1.82) is 0 Å². The van der Waals surface area contributed by atoms with E-state index in [0.29, 0.717) is 19.8 Å². The Morgan fingerprint density at radius 1 is 1.16 bits per heavy atom. The van der Waals surface area contributed by atoms with Gasteiger partial charge in [-0.3, -0.25) is 4.79 Å². The van der Waals surface area contributed by atoms with Gasteiger partial charge in [0.2, 0.25) is 0 Å². The molecule has 0 unspecified atom stereocenters. The summed E-state index contributed by atoms with van der Waals surface area (Å²) in [5, 5.41) is 0. The maximum absolute atomic E-state index is 12.0. The van der Waals surface area contributed by atoms with Gasteiger partial charge in [0.15, 0.2) is 11.5 Å². The molecule has 0 aliphatic carbocycles. The van der Waals surface area contributed by atoms with Crippen LogP contribution in [0.3, 0.4) is 0 Å². The summed E-state index contributed by atoms with van der Waals surface area (Å²) in [6, 6.07) is 9.49. The predicted molar refractivity (Wildman–Crippen MR) is 72.0 cm³/mol. The summed E-state index contributed by atoms with van der Waals surface area (Å²) >= 11 is 0. The lowest BCUT2D eigenvalue weighted by molar-refractivity contribution is 0.171. The number of fused-ring (bicyclic) bond motifs is 1. The van der Waals surface area contributed by atoms with Crippen molar-refractivity contribution < 1.29 is 9.47 Å². The molecule has 0 fully saturated rings. The number of pyridine rings is 1. The van der Waals surface area contributed by atoms with Gasteiger partial charge in [0.05, 0.1) is 6.54 Å².